The molecule has 0 saturated carbocycles. The SMILES string of the molecule is CCCn1nc(C)c(N)c1OCCc1cccs1. The lowest BCUT2D eigenvalue weighted by molar-refractivity contribution is 0.288. The molecule has 0 aliphatic rings. The van der Waals surface area contributed by atoms with Crippen LogP contribution < -0.4 is 10.5 Å². The smallest absolute Gasteiger partial charge is 0.236 e. The van der Waals surface area contributed by atoms with Crippen LogP contribution in [0.25, 0.3) is 0 Å². The van der Waals surface area contributed by atoms with Gasteiger partial charge in [0.15, 0.2) is 0 Å². The molecule has 2 aromatic heterocycles. The van der Waals surface area contributed by atoms with E-state index in [9.17, 15) is 0 Å². The third kappa shape index (κ3) is 2.85. The van der Waals surface area contributed by atoms with Crippen LogP contribution >= 0.6 is 11.3 Å². The van der Waals surface area contributed by atoms with E-state index in [2.05, 4.69) is 29.5 Å². The van der Waals surface area contributed by atoms with Crippen LogP contribution in [0.1, 0.15) is 23.9 Å². The van der Waals surface area contributed by atoms with Gasteiger partial charge in [0.1, 0.15) is 5.69 Å². The summed E-state index contributed by atoms with van der Waals surface area (Å²) in [5.74, 6) is 0.714. The number of hydrogen-bond acceptors (Lipinski definition) is 4. The Balaban J connectivity index is 1.99. The molecule has 0 fully saturated rings. The summed E-state index contributed by atoms with van der Waals surface area (Å²) in [6, 6.07) is 4.17. The van der Waals surface area contributed by atoms with Gasteiger partial charge in [-0.25, -0.2) is 4.68 Å². The first-order chi connectivity index (χ1) is 8.72. The van der Waals surface area contributed by atoms with E-state index in [1.165, 1.54) is 4.88 Å². The van der Waals surface area contributed by atoms with E-state index >= 15 is 0 Å². The number of rotatable bonds is 6. The molecule has 0 aromatic carbocycles. The molecule has 18 heavy (non-hydrogen) atoms. The van der Waals surface area contributed by atoms with Crippen LogP contribution in [0, 0.1) is 6.92 Å². The highest BCUT2D eigenvalue weighted by Gasteiger charge is 2.13. The molecule has 2 N–H and O–H groups in total. The molecule has 98 valence electrons. The van der Waals surface area contributed by atoms with Crippen LogP contribution in [-0.4, -0.2) is 16.4 Å². The maximum Gasteiger partial charge on any atom is 0.236 e. The number of anilines is 1. The first-order valence-electron chi connectivity index (χ1n) is 6.20. The molecule has 0 unspecified atom stereocenters. The van der Waals surface area contributed by atoms with Gasteiger partial charge < -0.3 is 10.5 Å². The van der Waals surface area contributed by atoms with Gasteiger partial charge in [0.25, 0.3) is 0 Å². The molecule has 0 bridgehead atoms. The van der Waals surface area contributed by atoms with Crippen molar-refractivity contribution in [3.05, 3.63) is 28.1 Å². The Morgan fingerprint density at radius 3 is 3.00 bits per heavy atom. The van der Waals surface area contributed by atoms with Crippen molar-refractivity contribution in [1.82, 2.24) is 9.78 Å². The highest BCUT2D eigenvalue weighted by molar-refractivity contribution is 7.09. The second kappa shape index (κ2) is 5.91. The van der Waals surface area contributed by atoms with Crippen LogP contribution in [0.5, 0.6) is 5.88 Å². The highest BCUT2D eigenvalue weighted by Crippen LogP contribution is 2.25. The number of ether oxygens (including phenoxy) is 1. The number of nitrogen functional groups attached to an aromatic ring is 1. The molecule has 2 aromatic rings. The van der Waals surface area contributed by atoms with Crippen LogP contribution in [0.15, 0.2) is 17.5 Å². The monoisotopic (exact) mass is 265 g/mol. The lowest BCUT2D eigenvalue weighted by Gasteiger charge is -2.08. The van der Waals surface area contributed by atoms with E-state index in [1.807, 2.05) is 11.6 Å². The maximum absolute atomic E-state index is 5.99. The van der Waals surface area contributed by atoms with Crippen molar-refractivity contribution in [3.8, 4) is 5.88 Å². The number of aromatic nitrogens is 2. The predicted molar refractivity (Wildman–Crippen MR) is 75.2 cm³/mol. The van der Waals surface area contributed by atoms with Crippen molar-refractivity contribution in [2.45, 2.75) is 33.2 Å². The summed E-state index contributed by atoms with van der Waals surface area (Å²) in [4.78, 5) is 1.33. The largest absolute Gasteiger partial charge is 0.476 e. The van der Waals surface area contributed by atoms with Gasteiger partial charge in [-0.1, -0.05) is 13.0 Å². The van der Waals surface area contributed by atoms with Gasteiger partial charge in [0, 0.05) is 17.8 Å². The Hall–Kier alpha value is -1.49. The Morgan fingerprint density at radius 2 is 2.33 bits per heavy atom. The maximum atomic E-state index is 5.99. The Kier molecular flexibility index (Phi) is 4.25. The lowest BCUT2D eigenvalue weighted by atomic mass is 10.3. The Labute approximate surface area is 111 Å². The number of nitrogens with two attached hydrogens (primary N) is 1. The summed E-state index contributed by atoms with van der Waals surface area (Å²) in [7, 11) is 0. The standard InChI is InChI=1S/C13H19N3OS/c1-3-7-16-13(12(14)10(2)15-16)17-8-6-11-5-4-9-18-11/h4-5,9H,3,6-8,14H2,1-2H3. The predicted octanol–water partition coefficient (Wildman–Crippen LogP) is 2.87. The van der Waals surface area contributed by atoms with E-state index in [0.717, 1.165) is 25.1 Å². The fourth-order valence-electron chi connectivity index (χ4n) is 1.79. The average molecular weight is 265 g/mol. The van der Waals surface area contributed by atoms with E-state index in [-0.39, 0.29) is 0 Å². The molecule has 4 nitrogen and oxygen atoms in total. The fraction of sp³-hybridized carbons (Fsp3) is 0.462. The summed E-state index contributed by atoms with van der Waals surface area (Å²) in [5, 5.41) is 6.46. The van der Waals surface area contributed by atoms with Gasteiger partial charge in [-0.2, -0.15) is 5.10 Å². The van der Waals surface area contributed by atoms with Crippen molar-refractivity contribution < 1.29 is 4.74 Å². The average Bonchev–Trinajstić information content (AvgIpc) is 2.94. The summed E-state index contributed by atoms with van der Waals surface area (Å²) < 4.78 is 7.66. The summed E-state index contributed by atoms with van der Waals surface area (Å²) in [6.07, 6.45) is 1.93. The molecule has 2 rings (SSSR count). The molecule has 0 radical (unpaired) electrons. The van der Waals surface area contributed by atoms with E-state index < -0.39 is 0 Å². The van der Waals surface area contributed by atoms with Crippen molar-refractivity contribution >= 4 is 17.0 Å². The van der Waals surface area contributed by atoms with E-state index in [4.69, 9.17) is 10.5 Å². The number of aryl methyl sites for hydroxylation is 2. The molecular formula is C13H19N3OS. The third-order valence-corrected chi connectivity index (χ3v) is 3.66. The zero-order valence-electron chi connectivity index (χ0n) is 10.8. The van der Waals surface area contributed by atoms with Gasteiger partial charge in [-0.15, -0.1) is 11.3 Å². The number of thiophene rings is 1. The Morgan fingerprint density at radius 1 is 1.50 bits per heavy atom. The molecule has 0 aliphatic carbocycles. The van der Waals surface area contributed by atoms with Gasteiger partial charge >= 0.3 is 0 Å². The second-order valence-corrected chi connectivity index (χ2v) is 5.24. The molecule has 0 spiro atoms. The lowest BCUT2D eigenvalue weighted by Crippen LogP contribution is -2.08. The minimum absolute atomic E-state index is 0.638. The van der Waals surface area contributed by atoms with E-state index in [0.29, 0.717) is 18.2 Å². The van der Waals surface area contributed by atoms with Crippen molar-refractivity contribution in [2.75, 3.05) is 12.3 Å². The molecule has 0 amide bonds. The van der Waals surface area contributed by atoms with Crippen molar-refractivity contribution in [2.24, 2.45) is 0 Å². The highest BCUT2D eigenvalue weighted by atomic mass is 32.1. The Bertz CT molecular complexity index is 491. The molecule has 0 aliphatic heterocycles. The zero-order chi connectivity index (χ0) is 13.0. The second-order valence-electron chi connectivity index (χ2n) is 4.21. The first kappa shape index (κ1) is 13.0. The quantitative estimate of drug-likeness (QED) is 0.873. The van der Waals surface area contributed by atoms with Gasteiger partial charge in [-0.05, 0) is 24.8 Å². The molecule has 0 saturated heterocycles. The van der Waals surface area contributed by atoms with Gasteiger partial charge in [0.2, 0.25) is 5.88 Å². The van der Waals surface area contributed by atoms with E-state index in [1.54, 1.807) is 11.3 Å². The summed E-state index contributed by atoms with van der Waals surface area (Å²) in [6.45, 7) is 5.50. The van der Waals surface area contributed by atoms with Crippen molar-refractivity contribution in [3.63, 3.8) is 0 Å². The third-order valence-electron chi connectivity index (χ3n) is 2.73. The van der Waals surface area contributed by atoms with Crippen molar-refractivity contribution in [1.29, 1.82) is 0 Å². The van der Waals surface area contributed by atoms with Crippen LogP contribution in [-0.2, 0) is 13.0 Å². The molecule has 2 heterocycles. The van der Waals surface area contributed by atoms with Crippen LogP contribution in [0.3, 0.4) is 0 Å². The summed E-state index contributed by atoms with van der Waals surface area (Å²) in [5.41, 5.74) is 7.49. The van der Waals surface area contributed by atoms with Crippen LogP contribution in [0.2, 0.25) is 0 Å². The first-order valence-corrected chi connectivity index (χ1v) is 7.08. The molecule has 5 heteroatoms. The minimum Gasteiger partial charge on any atom is -0.476 e. The fourth-order valence-corrected chi connectivity index (χ4v) is 2.48. The number of nitrogens with zero attached hydrogens (tertiary/aromatic N) is 2. The number of hydrogen-bond donors (Lipinski definition) is 1. The minimum atomic E-state index is 0.638. The van der Waals surface area contributed by atoms with Gasteiger partial charge in [-0.3, -0.25) is 0 Å². The molecule has 0 atom stereocenters. The normalized spacial score (nSPS) is 10.8. The molecular weight excluding hydrogens is 246 g/mol. The topological polar surface area (TPSA) is 53.1 Å². The summed E-state index contributed by atoms with van der Waals surface area (Å²) >= 11 is 1.75. The van der Waals surface area contributed by atoms with Gasteiger partial charge in [0.05, 0.1) is 12.3 Å². The zero-order valence-corrected chi connectivity index (χ0v) is 11.7. The van der Waals surface area contributed by atoms with Crippen LogP contribution in [0.4, 0.5) is 5.69 Å².